The summed E-state index contributed by atoms with van der Waals surface area (Å²) in [5, 5.41) is 6.83. The Kier molecular flexibility index (Phi) is 1.44. The molecule has 9 heavy (non-hydrogen) atoms. The second-order valence-corrected chi connectivity index (χ2v) is 3.14. The summed E-state index contributed by atoms with van der Waals surface area (Å²) in [6.45, 7) is 2.33. The van der Waals surface area contributed by atoms with E-state index >= 15 is 0 Å². The molecular weight excluding hydrogens is 112 g/mol. The maximum absolute atomic E-state index is 3.42. The van der Waals surface area contributed by atoms with Crippen molar-refractivity contribution in [2.24, 2.45) is 5.92 Å². The van der Waals surface area contributed by atoms with Gasteiger partial charge in [-0.1, -0.05) is 12.8 Å². The van der Waals surface area contributed by atoms with E-state index in [1.165, 1.54) is 19.3 Å². The molecule has 2 rings (SSSR count). The number of hydrogen-bond acceptors (Lipinski definition) is 2. The van der Waals surface area contributed by atoms with Gasteiger partial charge in [0.1, 0.15) is 0 Å². The van der Waals surface area contributed by atoms with E-state index in [9.17, 15) is 0 Å². The van der Waals surface area contributed by atoms with Crippen LogP contribution in [0.3, 0.4) is 0 Å². The Balaban J connectivity index is 1.70. The van der Waals surface area contributed by atoms with Gasteiger partial charge in [-0.3, -0.25) is 0 Å². The Morgan fingerprint density at radius 3 is 2.33 bits per heavy atom. The fraction of sp³-hybridized carbons (Fsp3) is 1.00. The number of rotatable bonds is 2. The normalized spacial score (nSPS) is 29.3. The van der Waals surface area contributed by atoms with E-state index in [2.05, 4.69) is 10.6 Å². The molecule has 2 nitrogen and oxygen atoms in total. The molecule has 1 saturated heterocycles. The van der Waals surface area contributed by atoms with Crippen LogP contribution in [0.2, 0.25) is 0 Å². The van der Waals surface area contributed by atoms with Crippen LogP contribution < -0.4 is 10.6 Å². The molecule has 2 aliphatic rings. The first kappa shape index (κ1) is 5.69. The van der Waals surface area contributed by atoms with E-state index in [0.29, 0.717) is 6.17 Å². The third-order valence-corrected chi connectivity index (χ3v) is 2.17. The minimum absolute atomic E-state index is 0.650. The van der Waals surface area contributed by atoms with E-state index in [1.807, 2.05) is 0 Å². The highest BCUT2D eigenvalue weighted by atomic mass is 15.2. The summed E-state index contributed by atoms with van der Waals surface area (Å²) in [6.07, 6.45) is 4.96. The second-order valence-electron chi connectivity index (χ2n) is 3.14. The van der Waals surface area contributed by atoms with Crippen LogP contribution in [0.4, 0.5) is 0 Å². The van der Waals surface area contributed by atoms with E-state index in [4.69, 9.17) is 0 Å². The molecule has 0 bridgehead atoms. The summed E-state index contributed by atoms with van der Waals surface area (Å²) in [5.41, 5.74) is 0. The molecule has 0 amide bonds. The second kappa shape index (κ2) is 2.27. The summed E-state index contributed by atoms with van der Waals surface area (Å²) < 4.78 is 0. The van der Waals surface area contributed by atoms with Gasteiger partial charge < -0.3 is 10.6 Å². The van der Waals surface area contributed by atoms with Crippen LogP contribution in [-0.4, -0.2) is 19.3 Å². The molecule has 0 atom stereocenters. The van der Waals surface area contributed by atoms with Crippen molar-refractivity contribution in [3.8, 4) is 0 Å². The first-order valence-electron chi connectivity index (χ1n) is 3.92. The fourth-order valence-corrected chi connectivity index (χ4v) is 1.42. The van der Waals surface area contributed by atoms with Gasteiger partial charge in [0.05, 0.1) is 6.17 Å². The van der Waals surface area contributed by atoms with Crippen molar-refractivity contribution in [3.63, 3.8) is 0 Å². The molecule has 0 aromatic heterocycles. The summed E-state index contributed by atoms with van der Waals surface area (Å²) in [6, 6.07) is 0. The monoisotopic (exact) mass is 126 g/mol. The van der Waals surface area contributed by atoms with Crippen LogP contribution in [-0.2, 0) is 0 Å². The van der Waals surface area contributed by atoms with Crippen molar-refractivity contribution in [2.75, 3.05) is 13.1 Å². The molecule has 1 aliphatic carbocycles. The molecule has 0 aromatic rings. The molecule has 2 N–H and O–H groups in total. The quantitative estimate of drug-likeness (QED) is 0.556. The Morgan fingerprint density at radius 2 is 1.78 bits per heavy atom. The molecule has 1 saturated carbocycles. The Bertz CT molecular complexity index is 93.1. The van der Waals surface area contributed by atoms with Crippen LogP contribution in [0.25, 0.3) is 0 Å². The van der Waals surface area contributed by atoms with Gasteiger partial charge >= 0.3 is 0 Å². The van der Waals surface area contributed by atoms with Gasteiger partial charge in [-0.15, -0.1) is 0 Å². The van der Waals surface area contributed by atoms with Gasteiger partial charge in [-0.2, -0.15) is 0 Å². The van der Waals surface area contributed by atoms with Crippen molar-refractivity contribution in [1.82, 2.24) is 10.6 Å². The molecule has 1 aliphatic heterocycles. The van der Waals surface area contributed by atoms with Gasteiger partial charge in [-0.05, 0) is 12.3 Å². The van der Waals surface area contributed by atoms with E-state index in [1.54, 1.807) is 0 Å². The summed E-state index contributed by atoms with van der Waals surface area (Å²) in [5.74, 6) is 1.05. The first-order valence-corrected chi connectivity index (χ1v) is 3.92. The van der Waals surface area contributed by atoms with Crippen molar-refractivity contribution in [3.05, 3.63) is 0 Å². The highest BCUT2D eigenvalue weighted by molar-refractivity contribution is 4.81. The summed E-state index contributed by atoms with van der Waals surface area (Å²) in [7, 11) is 0. The van der Waals surface area contributed by atoms with Crippen LogP contribution in [0.1, 0.15) is 19.3 Å². The Hall–Kier alpha value is -0.0800. The zero-order chi connectivity index (χ0) is 6.10. The predicted molar refractivity (Wildman–Crippen MR) is 37.1 cm³/mol. The van der Waals surface area contributed by atoms with Crippen molar-refractivity contribution >= 4 is 0 Å². The molecule has 0 spiro atoms. The van der Waals surface area contributed by atoms with Gasteiger partial charge in [0.25, 0.3) is 0 Å². The van der Waals surface area contributed by atoms with Gasteiger partial charge in [0.2, 0.25) is 0 Å². The Labute approximate surface area is 56.0 Å². The minimum atomic E-state index is 0.650. The number of nitrogens with one attached hydrogen (secondary N) is 2. The summed E-state index contributed by atoms with van der Waals surface area (Å²) >= 11 is 0. The molecule has 0 radical (unpaired) electrons. The summed E-state index contributed by atoms with van der Waals surface area (Å²) in [4.78, 5) is 0. The lowest BCUT2D eigenvalue weighted by Crippen LogP contribution is -2.31. The molecular formula is C7H14N2. The van der Waals surface area contributed by atoms with Crippen LogP contribution in [0.15, 0.2) is 0 Å². The first-order chi connectivity index (χ1) is 4.45. The predicted octanol–water partition coefficient (Wildman–Crippen LogP) is 0.305. The molecule has 1 heterocycles. The van der Waals surface area contributed by atoms with E-state index in [0.717, 1.165) is 19.0 Å². The van der Waals surface area contributed by atoms with Crippen molar-refractivity contribution in [2.45, 2.75) is 25.4 Å². The van der Waals surface area contributed by atoms with Gasteiger partial charge in [-0.25, -0.2) is 0 Å². The lowest BCUT2D eigenvalue weighted by atomic mass is 10.2. The molecule has 2 fully saturated rings. The van der Waals surface area contributed by atoms with Crippen LogP contribution in [0, 0.1) is 5.92 Å². The van der Waals surface area contributed by atoms with E-state index in [-0.39, 0.29) is 0 Å². The standard InChI is InChI=1S/C7H14N2/c1-2-6(1)5-7-8-3-4-9-7/h6-9H,1-5H2. The highest BCUT2D eigenvalue weighted by Gasteiger charge is 2.26. The topological polar surface area (TPSA) is 24.1 Å². The van der Waals surface area contributed by atoms with Crippen LogP contribution >= 0.6 is 0 Å². The van der Waals surface area contributed by atoms with Gasteiger partial charge in [0, 0.05) is 13.1 Å². The number of hydrogen-bond donors (Lipinski definition) is 2. The maximum atomic E-state index is 3.42. The molecule has 0 unspecified atom stereocenters. The Morgan fingerprint density at radius 1 is 1.11 bits per heavy atom. The third kappa shape index (κ3) is 1.43. The van der Waals surface area contributed by atoms with Crippen LogP contribution in [0.5, 0.6) is 0 Å². The zero-order valence-corrected chi connectivity index (χ0v) is 5.69. The lowest BCUT2D eigenvalue weighted by molar-refractivity contribution is 0.484. The zero-order valence-electron chi connectivity index (χ0n) is 5.69. The fourth-order valence-electron chi connectivity index (χ4n) is 1.42. The van der Waals surface area contributed by atoms with Gasteiger partial charge in [0.15, 0.2) is 0 Å². The average molecular weight is 126 g/mol. The molecule has 52 valence electrons. The lowest BCUT2D eigenvalue weighted by Gasteiger charge is -2.07. The molecule has 0 aromatic carbocycles. The highest BCUT2D eigenvalue weighted by Crippen LogP contribution is 2.33. The maximum Gasteiger partial charge on any atom is 0.0575 e. The third-order valence-electron chi connectivity index (χ3n) is 2.17. The van der Waals surface area contributed by atoms with Crippen molar-refractivity contribution in [1.29, 1.82) is 0 Å². The SMILES string of the molecule is C1CNC(CC2CC2)N1. The van der Waals surface area contributed by atoms with E-state index < -0.39 is 0 Å². The smallest absolute Gasteiger partial charge is 0.0575 e. The van der Waals surface area contributed by atoms with Crippen molar-refractivity contribution < 1.29 is 0 Å². The largest absolute Gasteiger partial charge is 0.301 e. The minimum Gasteiger partial charge on any atom is -0.301 e. The average Bonchev–Trinajstić information content (AvgIpc) is 2.46. The molecule has 2 heteroatoms.